The first-order valence-corrected chi connectivity index (χ1v) is 6.31. The Balaban J connectivity index is 2.97. The van der Waals surface area contributed by atoms with Gasteiger partial charge < -0.3 is 16.4 Å². The molecule has 1 rings (SSSR count). The lowest BCUT2D eigenvalue weighted by Crippen LogP contribution is -2.55. The number of hydrogen-bond acceptors (Lipinski definition) is 3. The van der Waals surface area contributed by atoms with E-state index in [1.54, 1.807) is 18.4 Å². The van der Waals surface area contributed by atoms with E-state index in [2.05, 4.69) is 10.6 Å². The van der Waals surface area contributed by atoms with E-state index in [-0.39, 0.29) is 5.91 Å². The molecule has 18 heavy (non-hydrogen) atoms. The minimum absolute atomic E-state index is 0.116. The highest BCUT2D eigenvalue weighted by Gasteiger charge is 2.36. The summed E-state index contributed by atoms with van der Waals surface area (Å²) in [5, 5.41) is 5.91. The van der Waals surface area contributed by atoms with Crippen molar-refractivity contribution in [3.63, 3.8) is 0 Å². The van der Waals surface area contributed by atoms with Crippen LogP contribution in [0.15, 0.2) is 23.9 Å². The van der Waals surface area contributed by atoms with Gasteiger partial charge in [0.2, 0.25) is 11.8 Å². The SMILES string of the molecule is CCCNC(=O)C1(CCC)C=C(C(N)=O)C=CN1. The third-order valence-corrected chi connectivity index (χ3v) is 2.88. The zero-order chi connectivity index (χ0) is 13.6. The molecule has 0 aromatic heterocycles. The lowest BCUT2D eigenvalue weighted by atomic mass is 9.88. The molecule has 0 aromatic rings. The van der Waals surface area contributed by atoms with Gasteiger partial charge in [-0.25, -0.2) is 0 Å². The fraction of sp³-hybridized carbons (Fsp3) is 0.538. The van der Waals surface area contributed by atoms with Crippen LogP contribution < -0.4 is 16.4 Å². The van der Waals surface area contributed by atoms with Crippen LogP contribution in [0.25, 0.3) is 0 Å². The van der Waals surface area contributed by atoms with Gasteiger partial charge in [-0.15, -0.1) is 0 Å². The van der Waals surface area contributed by atoms with Gasteiger partial charge in [-0.3, -0.25) is 9.59 Å². The van der Waals surface area contributed by atoms with E-state index in [0.29, 0.717) is 18.5 Å². The first-order chi connectivity index (χ1) is 8.55. The molecule has 0 aliphatic carbocycles. The minimum atomic E-state index is -0.858. The van der Waals surface area contributed by atoms with Crippen LogP contribution >= 0.6 is 0 Å². The Bertz CT molecular complexity index is 388. The fourth-order valence-electron chi connectivity index (χ4n) is 1.97. The summed E-state index contributed by atoms with van der Waals surface area (Å²) in [6, 6.07) is 0. The van der Waals surface area contributed by atoms with Crippen molar-refractivity contribution in [3.05, 3.63) is 23.9 Å². The number of carbonyl (C=O) groups excluding carboxylic acids is 2. The molecule has 1 heterocycles. The Hall–Kier alpha value is -1.78. The summed E-state index contributed by atoms with van der Waals surface area (Å²) in [5.41, 5.74) is 4.78. The summed E-state index contributed by atoms with van der Waals surface area (Å²) >= 11 is 0. The van der Waals surface area contributed by atoms with E-state index >= 15 is 0 Å². The van der Waals surface area contributed by atoms with Gasteiger partial charge in [0.05, 0.1) is 0 Å². The number of rotatable bonds is 6. The Morgan fingerprint density at radius 1 is 1.39 bits per heavy atom. The topological polar surface area (TPSA) is 84.2 Å². The van der Waals surface area contributed by atoms with Crippen molar-refractivity contribution < 1.29 is 9.59 Å². The van der Waals surface area contributed by atoms with Gasteiger partial charge >= 0.3 is 0 Å². The maximum absolute atomic E-state index is 12.2. The number of primary amides is 1. The van der Waals surface area contributed by atoms with Crippen molar-refractivity contribution in [2.24, 2.45) is 5.73 Å². The monoisotopic (exact) mass is 251 g/mol. The molecular weight excluding hydrogens is 230 g/mol. The zero-order valence-corrected chi connectivity index (χ0v) is 11.0. The molecule has 0 radical (unpaired) electrons. The second-order valence-corrected chi connectivity index (χ2v) is 4.42. The number of amides is 2. The predicted octanol–water partition coefficient (Wildman–Crippen LogP) is 0.580. The van der Waals surface area contributed by atoms with Crippen LogP contribution in [0.1, 0.15) is 33.1 Å². The molecule has 0 saturated heterocycles. The maximum atomic E-state index is 12.2. The molecule has 2 amide bonds. The molecule has 1 aliphatic heterocycles. The first-order valence-electron chi connectivity index (χ1n) is 6.31. The predicted molar refractivity (Wildman–Crippen MR) is 70.5 cm³/mol. The Labute approximate surface area is 107 Å². The highest BCUT2D eigenvalue weighted by atomic mass is 16.2. The fourth-order valence-corrected chi connectivity index (χ4v) is 1.97. The van der Waals surface area contributed by atoms with Crippen LogP contribution in [0.2, 0.25) is 0 Å². The number of dihydropyridines is 1. The van der Waals surface area contributed by atoms with Crippen molar-refractivity contribution in [1.82, 2.24) is 10.6 Å². The van der Waals surface area contributed by atoms with Gasteiger partial charge in [0.25, 0.3) is 0 Å². The van der Waals surface area contributed by atoms with Crippen molar-refractivity contribution in [2.45, 2.75) is 38.6 Å². The molecule has 100 valence electrons. The average Bonchev–Trinajstić information content (AvgIpc) is 2.36. The molecular formula is C13H21N3O2. The molecule has 1 unspecified atom stereocenters. The molecule has 1 atom stereocenters. The van der Waals surface area contributed by atoms with Crippen LogP contribution in [0.5, 0.6) is 0 Å². The summed E-state index contributed by atoms with van der Waals surface area (Å²) in [4.78, 5) is 23.5. The second kappa shape index (κ2) is 6.23. The van der Waals surface area contributed by atoms with Crippen LogP contribution in [0.4, 0.5) is 0 Å². The Morgan fingerprint density at radius 3 is 2.67 bits per heavy atom. The summed E-state index contributed by atoms with van der Waals surface area (Å²) in [6.07, 6.45) is 7.14. The lowest BCUT2D eigenvalue weighted by molar-refractivity contribution is -0.125. The standard InChI is InChI=1S/C13H21N3O2/c1-3-6-13(12(18)15-7-4-2)9-10(11(14)17)5-8-16-13/h5,8-9,16H,3-4,6-7H2,1-2H3,(H2,14,17)(H,15,18). The van der Waals surface area contributed by atoms with Crippen molar-refractivity contribution in [3.8, 4) is 0 Å². The summed E-state index contributed by atoms with van der Waals surface area (Å²) in [6.45, 7) is 4.60. The third kappa shape index (κ3) is 3.12. The largest absolute Gasteiger partial charge is 0.374 e. The number of nitrogens with two attached hydrogens (primary N) is 1. The molecule has 5 heteroatoms. The van der Waals surface area contributed by atoms with Gasteiger partial charge in [0.1, 0.15) is 5.54 Å². The average molecular weight is 251 g/mol. The Kier molecular flexibility index (Phi) is 4.95. The molecule has 5 nitrogen and oxygen atoms in total. The quantitative estimate of drug-likeness (QED) is 0.645. The minimum Gasteiger partial charge on any atom is -0.374 e. The van der Waals surface area contributed by atoms with Crippen molar-refractivity contribution in [2.75, 3.05) is 6.54 Å². The van der Waals surface area contributed by atoms with E-state index in [1.165, 1.54) is 0 Å². The smallest absolute Gasteiger partial charge is 0.249 e. The third-order valence-electron chi connectivity index (χ3n) is 2.88. The van der Waals surface area contributed by atoms with E-state index in [0.717, 1.165) is 12.8 Å². The van der Waals surface area contributed by atoms with Gasteiger partial charge in [0.15, 0.2) is 0 Å². The van der Waals surface area contributed by atoms with Crippen molar-refractivity contribution in [1.29, 1.82) is 0 Å². The van der Waals surface area contributed by atoms with Gasteiger partial charge in [-0.1, -0.05) is 20.3 Å². The number of nitrogens with one attached hydrogen (secondary N) is 2. The zero-order valence-electron chi connectivity index (χ0n) is 11.0. The molecule has 0 spiro atoms. The molecule has 0 aromatic carbocycles. The highest BCUT2D eigenvalue weighted by molar-refractivity contribution is 5.98. The molecule has 0 saturated carbocycles. The van der Waals surface area contributed by atoms with E-state index in [4.69, 9.17) is 5.73 Å². The van der Waals surface area contributed by atoms with Gasteiger partial charge in [-0.2, -0.15) is 0 Å². The van der Waals surface area contributed by atoms with E-state index in [9.17, 15) is 9.59 Å². The molecule has 0 fully saturated rings. The normalized spacial score (nSPS) is 22.0. The summed E-state index contributed by atoms with van der Waals surface area (Å²) in [5.74, 6) is -0.634. The van der Waals surface area contributed by atoms with Crippen LogP contribution in [0.3, 0.4) is 0 Å². The highest BCUT2D eigenvalue weighted by Crippen LogP contribution is 2.21. The molecule has 4 N–H and O–H groups in total. The molecule has 0 bridgehead atoms. The molecule has 1 aliphatic rings. The maximum Gasteiger partial charge on any atom is 0.249 e. The van der Waals surface area contributed by atoms with Crippen LogP contribution in [-0.2, 0) is 9.59 Å². The van der Waals surface area contributed by atoms with Gasteiger partial charge in [-0.05, 0) is 31.2 Å². The Morgan fingerprint density at radius 2 is 2.11 bits per heavy atom. The number of hydrogen-bond donors (Lipinski definition) is 3. The number of carbonyl (C=O) groups is 2. The summed E-state index contributed by atoms with van der Waals surface area (Å²) in [7, 11) is 0. The van der Waals surface area contributed by atoms with Crippen LogP contribution in [-0.4, -0.2) is 23.9 Å². The second-order valence-electron chi connectivity index (χ2n) is 4.42. The van der Waals surface area contributed by atoms with E-state index in [1.807, 2.05) is 13.8 Å². The van der Waals surface area contributed by atoms with Crippen molar-refractivity contribution >= 4 is 11.8 Å². The van der Waals surface area contributed by atoms with Crippen LogP contribution in [0, 0.1) is 0 Å². The lowest BCUT2D eigenvalue weighted by Gasteiger charge is -2.32. The van der Waals surface area contributed by atoms with E-state index < -0.39 is 11.4 Å². The summed E-state index contributed by atoms with van der Waals surface area (Å²) < 4.78 is 0. The van der Waals surface area contributed by atoms with Gasteiger partial charge in [0, 0.05) is 12.1 Å². The first kappa shape index (κ1) is 14.3.